The number of benzene rings is 4. The lowest BCUT2D eigenvalue weighted by molar-refractivity contribution is -0.137. The summed E-state index contributed by atoms with van der Waals surface area (Å²) >= 11 is 0. The minimum atomic E-state index is -0.838. The molecule has 6 amide bonds. The number of hydrogen-bond acceptors (Lipinski definition) is 6. The van der Waals surface area contributed by atoms with Crippen molar-refractivity contribution >= 4 is 23.9 Å². The number of imidazole rings is 2. The van der Waals surface area contributed by atoms with Crippen LogP contribution in [0.25, 0.3) is 33.6 Å². The molecule has 4 heterocycles. The Balaban J connectivity index is 0.938. The van der Waals surface area contributed by atoms with Gasteiger partial charge in [-0.05, 0) is 59.1 Å². The van der Waals surface area contributed by atoms with Gasteiger partial charge in [-0.3, -0.25) is 9.59 Å². The van der Waals surface area contributed by atoms with E-state index < -0.39 is 24.1 Å². The SMILES string of the molecule is CN(C(N)=O)[C@@H](C(=O)N1CCCC1c1ncc(-c2ccc(-c3ccc(-c4cnc(C5CCCN5C(=O)[C@@H](c5ccccc5)N(C)C(N)=O)[nH]4)cc3)cc2)[nH]1)c1ccccc1. The Hall–Kier alpha value is -7.22. The minimum absolute atomic E-state index is 0.192. The monoisotopic (exact) mass is 804 g/mol. The van der Waals surface area contributed by atoms with Crippen LogP contribution >= 0.6 is 0 Å². The highest BCUT2D eigenvalue weighted by molar-refractivity contribution is 5.89. The Labute approximate surface area is 348 Å². The van der Waals surface area contributed by atoms with Crippen LogP contribution in [-0.4, -0.2) is 90.6 Å². The largest absolute Gasteiger partial charge is 0.351 e. The fraction of sp³-hybridized carbons (Fsp3) is 0.261. The van der Waals surface area contributed by atoms with E-state index in [1.807, 2.05) is 84.9 Å². The first-order valence-electron chi connectivity index (χ1n) is 20.2. The molecule has 0 bridgehead atoms. The Morgan fingerprint density at radius 1 is 0.567 bits per heavy atom. The maximum Gasteiger partial charge on any atom is 0.315 e. The van der Waals surface area contributed by atoms with Gasteiger partial charge in [0.2, 0.25) is 0 Å². The number of H-pyrrole nitrogens is 2. The van der Waals surface area contributed by atoms with E-state index in [1.165, 1.54) is 9.80 Å². The van der Waals surface area contributed by atoms with Crippen LogP contribution in [0.5, 0.6) is 0 Å². The van der Waals surface area contributed by atoms with Gasteiger partial charge < -0.3 is 41.0 Å². The highest BCUT2D eigenvalue weighted by Gasteiger charge is 2.40. The molecule has 4 atom stereocenters. The van der Waals surface area contributed by atoms with Gasteiger partial charge in [0, 0.05) is 27.2 Å². The molecule has 0 radical (unpaired) electrons. The van der Waals surface area contributed by atoms with Gasteiger partial charge in [0.1, 0.15) is 23.7 Å². The molecule has 2 aromatic heterocycles. The van der Waals surface area contributed by atoms with Crippen LogP contribution in [0.4, 0.5) is 9.59 Å². The molecule has 2 fully saturated rings. The average molecular weight is 805 g/mol. The van der Waals surface area contributed by atoms with E-state index in [4.69, 9.17) is 21.4 Å². The Kier molecular flexibility index (Phi) is 11.2. The average Bonchev–Trinajstić information content (AvgIpc) is 4.12. The molecule has 2 saturated heterocycles. The van der Waals surface area contributed by atoms with E-state index >= 15 is 0 Å². The number of nitrogens with one attached hydrogen (secondary N) is 2. The molecular weight excluding hydrogens is 757 g/mol. The van der Waals surface area contributed by atoms with Crippen LogP contribution in [0, 0.1) is 0 Å². The maximum atomic E-state index is 14.0. The number of nitrogens with zero attached hydrogens (tertiary/aromatic N) is 6. The summed E-state index contributed by atoms with van der Waals surface area (Å²) in [6.07, 6.45) is 6.72. The van der Waals surface area contributed by atoms with Crippen molar-refractivity contribution in [3.8, 4) is 33.6 Å². The van der Waals surface area contributed by atoms with Gasteiger partial charge in [0.15, 0.2) is 0 Å². The minimum Gasteiger partial charge on any atom is -0.351 e. The van der Waals surface area contributed by atoms with Gasteiger partial charge in [-0.25, -0.2) is 19.6 Å². The zero-order chi connectivity index (χ0) is 41.9. The number of likely N-dealkylation sites (N-methyl/N-ethyl adjacent to an activating group) is 2. The van der Waals surface area contributed by atoms with Crippen molar-refractivity contribution in [2.24, 2.45) is 11.5 Å². The number of carbonyl (C=O) groups excluding carboxylic acids is 4. The molecular formula is C46H48N10O4. The van der Waals surface area contributed by atoms with Crippen molar-refractivity contribution in [1.29, 1.82) is 0 Å². The first-order valence-corrected chi connectivity index (χ1v) is 20.2. The van der Waals surface area contributed by atoms with Gasteiger partial charge >= 0.3 is 12.1 Å². The zero-order valence-corrected chi connectivity index (χ0v) is 33.6. The number of urea groups is 2. The first-order chi connectivity index (χ1) is 29.1. The first kappa shape index (κ1) is 39.6. The summed E-state index contributed by atoms with van der Waals surface area (Å²) in [5, 5.41) is 0. The standard InChI is InChI=1S/C46H48N10O4/c1-53(45(47)59)39(33-11-5-3-6-12-33)43(57)55-25-9-15-37(55)41-49-27-35(51-41)31-21-17-29(18-22-31)30-19-23-32(24-20-30)36-28-50-42(52-36)38-16-10-26-56(38)44(58)40(54(2)46(48)60)34-13-7-4-8-14-34/h3-8,11-14,17-24,27-28,37-40H,9-10,15-16,25-26H2,1-2H3,(H2,47,59)(H2,48,60)(H,49,51)(H,50,52)/t37?,38?,39-,40-/m1/s1. The number of amides is 6. The quantitative estimate of drug-likeness (QED) is 0.109. The second-order valence-corrected chi connectivity index (χ2v) is 15.4. The summed E-state index contributed by atoms with van der Waals surface area (Å²) in [6, 6.07) is 31.4. The predicted octanol–water partition coefficient (Wildman–Crippen LogP) is 6.96. The van der Waals surface area contributed by atoms with Crippen molar-refractivity contribution in [2.75, 3.05) is 27.2 Å². The Bertz CT molecular complexity index is 2290. The molecule has 8 rings (SSSR count). The predicted molar refractivity (Wildman–Crippen MR) is 227 cm³/mol. The molecule has 2 aliphatic rings. The smallest absolute Gasteiger partial charge is 0.315 e. The van der Waals surface area contributed by atoms with E-state index in [0.717, 1.165) is 59.3 Å². The normalized spacial score (nSPS) is 17.3. The third kappa shape index (κ3) is 7.83. The molecule has 60 heavy (non-hydrogen) atoms. The van der Waals surface area contributed by atoms with Gasteiger partial charge in [-0.1, -0.05) is 109 Å². The summed E-state index contributed by atoms with van der Waals surface area (Å²) in [5.74, 6) is 1.01. The lowest BCUT2D eigenvalue weighted by Gasteiger charge is -2.32. The number of aromatic amines is 2. The molecule has 4 aromatic carbocycles. The van der Waals surface area contributed by atoms with Crippen molar-refractivity contribution in [3.63, 3.8) is 0 Å². The second kappa shape index (κ2) is 16.9. The van der Waals surface area contributed by atoms with Crippen molar-refractivity contribution < 1.29 is 19.2 Å². The number of aromatic nitrogens is 4. The lowest BCUT2D eigenvalue weighted by Crippen LogP contribution is -2.45. The number of carbonyl (C=O) groups is 4. The maximum absolute atomic E-state index is 14.0. The van der Waals surface area contributed by atoms with E-state index in [0.29, 0.717) is 35.9 Å². The highest BCUT2D eigenvalue weighted by Crippen LogP contribution is 2.37. The fourth-order valence-corrected chi connectivity index (χ4v) is 8.52. The topological polar surface area (TPSA) is 191 Å². The number of primary amides is 2. The van der Waals surface area contributed by atoms with Crippen LogP contribution < -0.4 is 11.5 Å². The summed E-state index contributed by atoms with van der Waals surface area (Å²) in [7, 11) is 3.10. The highest BCUT2D eigenvalue weighted by atomic mass is 16.2. The van der Waals surface area contributed by atoms with E-state index in [1.54, 1.807) is 36.3 Å². The van der Waals surface area contributed by atoms with Gasteiger partial charge in [0.05, 0.1) is 35.9 Å². The third-order valence-electron chi connectivity index (χ3n) is 11.8. The molecule has 0 spiro atoms. The Morgan fingerprint density at radius 2 is 0.917 bits per heavy atom. The van der Waals surface area contributed by atoms with Crippen molar-refractivity contribution in [3.05, 3.63) is 144 Å². The number of rotatable bonds is 11. The fourth-order valence-electron chi connectivity index (χ4n) is 8.52. The molecule has 0 saturated carbocycles. The number of nitrogens with two attached hydrogens (primary N) is 2. The van der Waals surface area contributed by atoms with E-state index in [9.17, 15) is 19.2 Å². The molecule has 2 unspecified atom stereocenters. The summed E-state index contributed by atoms with van der Waals surface area (Å²) in [4.78, 5) is 75.0. The summed E-state index contributed by atoms with van der Waals surface area (Å²) in [5.41, 5.74) is 18.4. The molecule has 6 N–H and O–H groups in total. The van der Waals surface area contributed by atoms with E-state index in [2.05, 4.69) is 34.2 Å². The number of likely N-dealkylation sites (tertiary alicyclic amines) is 2. The van der Waals surface area contributed by atoms with Crippen molar-refractivity contribution in [2.45, 2.75) is 49.9 Å². The number of hydrogen-bond donors (Lipinski definition) is 4. The zero-order valence-electron chi connectivity index (χ0n) is 33.6. The molecule has 0 aliphatic carbocycles. The van der Waals surface area contributed by atoms with Gasteiger partial charge in [-0.15, -0.1) is 0 Å². The molecule has 14 nitrogen and oxygen atoms in total. The third-order valence-corrected chi connectivity index (χ3v) is 11.8. The molecule has 6 aromatic rings. The van der Waals surface area contributed by atoms with Crippen LogP contribution in [0.1, 0.15) is 72.6 Å². The van der Waals surface area contributed by atoms with E-state index in [-0.39, 0.29) is 23.9 Å². The lowest BCUT2D eigenvalue weighted by atomic mass is 10.0. The van der Waals surface area contributed by atoms with Gasteiger partial charge in [0.25, 0.3) is 11.8 Å². The van der Waals surface area contributed by atoms with Gasteiger partial charge in [-0.2, -0.15) is 0 Å². The van der Waals surface area contributed by atoms with Crippen LogP contribution in [0.2, 0.25) is 0 Å². The van der Waals surface area contributed by atoms with Crippen molar-refractivity contribution in [1.82, 2.24) is 39.5 Å². The molecule has 14 heteroatoms. The molecule has 2 aliphatic heterocycles. The summed E-state index contributed by atoms with van der Waals surface area (Å²) < 4.78 is 0. The van der Waals surface area contributed by atoms with Crippen LogP contribution in [0.3, 0.4) is 0 Å². The molecule has 306 valence electrons. The van der Waals surface area contributed by atoms with Crippen LogP contribution in [0.15, 0.2) is 122 Å². The Morgan fingerprint density at radius 3 is 1.27 bits per heavy atom. The van der Waals surface area contributed by atoms with Crippen LogP contribution in [-0.2, 0) is 9.59 Å². The summed E-state index contributed by atoms with van der Waals surface area (Å²) in [6.45, 7) is 1.11. The second-order valence-electron chi connectivity index (χ2n) is 15.4.